The largest absolute Gasteiger partial charge is 0.291 e. The third-order valence-corrected chi connectivity index (χ3v) is 2.59. The fourth-order valence-electron chi connectivity index (χ4n) is 1.95. The highest BCUT2D eigenvalue weighted by atomic mass is 14.8. The topological polar surface area (TPSA) is 12.4 Å². The average molecular weight is 167 g/mol. The van der Waals surface area contributed by atoms with Crippen molar-refractivity contribution in [2.75, 3.05) is 0 Å². The van der Waals surface area contributed by atoms with Crippen LogP contribution in [0.1, 0.15) is 58.8 Å². The summed E-state index contributed by atoms with van der Waals surface area (Å²) in [4.78, 5) is 4.74. The molecule has 0 aromatic rings. The lowest BCUT2D eigenvalue weighted by Gasteiger charge is -2.18. The van der Waals surface area contributed by atoms with Gasteiger partial charge in [-0.15, -0.1) is 0 Å². The van der Waals surface area contributed by atoms with Crippen LogP contribution in [0.5, 0.6) is 0 Å². The average Bonchev–Trinajstić information content (AvgIpc) is 2.06. The zero-order valence-corrected chi connectivity index (χ0v) is 8.47. The van der Waals surface area contributed by atoms with Crippen LogP contribution in [0.2, 0.25) is 0 Å². The van der Waals surface area contributed by atoms with Gasteiger partial charge in [0.2, 0.25) is 0 Å². The van der Waals surface area contributed by atoms with Gasteiger partial charge in [-0.25, -0.2) is 0 Å². The quantitative estimate of drug-likeness (QED) is 0.570. The Morgan fingerprint density at radius 3 is 2.50 bits per heavy atom. The van der Waals surface area contributed by atoms with E-state index in [1.165, 1.54) is 50.7 Å². The Morgan fingerprint density at radius 2 is 1.92 bits per heavy atom. The maximum absolute atomic E-state index is 4.74. The summed E-state index contributed by atoms with van der Waals surface area (Å²) in [6.07, 6.45) is 9.32. The summed E-state index contributed by atoms with van der Waals surface area (Å²) >= 11 is 0. The minimum absolute atomic E-state index is 0.672. The van der Waals surface area contributed by atoms with Crippen LogP contribution in [0.4, 0.5) is 0 Å². The molecule has 1 heteroatoms. The number of rotatable bonds is 3. The van der Waals surface area contributed by atoms with E-state index in [1.807, 2.05) is 0 Å². The molecule has 0 spiro atoms. The molecule has 70 valence electrons. The SMILES string of the molecule is CCCC(C)=NC1CCCCC1. The van der Waals surface area contributed by atoms with Crippen molar-refractivity contribution >= 4 is 5.71 Å². The summed E-state index contributed by atoms with van der Waals surface area (Å²) < 4.78 is 0. The summed E-state index contributed by atoms with van der Waals surface area (Å²) in [6, 6.07) is 0.672. The molecule has 1 saturated carbocycles. The van der Waals surface area contributed by atoms with Crippen molar-refractivity contribution in [3.63, 3.8) is 0 Å². The second kappa shape index (κ2) is 5.34. The molecule has 0 heterocycles. The van der Waals surface area contributed by atoms with Crippen molar-refractivity contribution in [3.8, 4) is 0 Å². The van der Waals surface area contributed by atoms with E-state index < -0.39 is 0 Å². The molecule has 1 rings (SSSR count). The van der Waals surface area contributed by atoms with Crippen molar-refractivity contribution in [1.82, 2.24) is 0 Å². The number of aliphatic imine (C=N–C) groups is 1. The Balaban J connectivity index is 2.31. The summed E-state index contributed by atoms with van der Waals surface area (Å²) in [5.41, 5.74) is 1.37. The highest BCUT2D eigenvalue weighted by Crippen LogP contribution is 2.20. The van der Waals surface area contributed by atoms with Gasteiger partial charge in [-0.05, 0) is 26.2 Å². The third-order valence-electron chi connectivity index (χ3n) is 2.59. The monoisotopic (exact) mass is 167 g/mol. The molecule has 0 radical (unpaired) electrons. The van der Waals surface area contributed by atoms with E-state index in [4.69, 9.17) is 4.99 Å². The fourth-order valence-corrected chi connectivity index (χ4v) is 1.95. The second-order valence-corrected chi connectivity index (χ2v) is 3.91. The van der Waals surface area contributed by atoms with Crippen molar-refractivity contribution < 1.29 is 0 Å². The normalized spacial score (nSPS) is 21.3. The van der Waals surface area contributed by atoms with E-state index >= 15 is 0 Å². The van der Waals surface area contributed by atoms with Crippen molar-refractivity contribution in [2.24, 2.45) is 4.99 Å². The maximum atomic E-state index is 4.74. The van der Waals surface area contributed by atoms with Gasteiger partial charge in [0.05, 0.1) is 0 Å². The lowest BCUT2D eigenvalue weighted by atomic mass is 9.96. The molecule has 0 aromatic heterocycles. The zero-order chi connectivity index (χ0) is 8.81. The minimum atomic E-state index is 0.672. The first-order valence-corrected chi connectivity index (χ1v) is 5.36. The van der Waals surface area contributed by atoms with Gasteiger partial charge < -0.3 is 0 Å². The van der Waals surface area contributed by atoms with Gasteiger partial charge >= 0.3 is 0 Å². The summed E-state index contributed by atoms with van der Waals surface area (Å²) in [6.45, 7) is 4.40. The van der Waals surface area contributed by atoms with E-state index in [9.17, 15) is 0 Å². The highest BCUT2D eigenvalue weighted by molar-refractivity contribution is 5.81. The van der Waals surface area contributed by atoms with Crippen LogP contribution in [-0.4, -0.2) is 11.8 Å². The molecule has 0 unspecified atom stereocenters. The molecule has 0 aliphatic heterocycles. The number of nitrogens with zero attached hydrogens (tertiary/aromatic N) is 1. The Labute approximate surface area is 76.3 Å². The molecular formula is C11H21N. The molecule has 0 bridgehead atoms. The lowest BCUT2D eigenvalue weighted by Crippen LogP contribution is -2.11. The molecule has 1 nitrogen and oxygen atoms in total. The van der Waals surface area contributed by atoms with Gasteiger partial charge in [0.1, 0.15) is 0 Å². The van der Waals surface area contributed by atoms with Crippen LogP contribution in [0.25, 0.3) is 0 Å². The van der Waals surface area contributed by atoms with Gasteiger partial charge in [0.15, 0.2) is 0 Å². The van der Waals surface area contributed by atoms with Crippen LogP contribution in [-0.2, 0) is 0 Å². The predicted octanol–water partition coefficient (Wildman–Crippen LogP) is 3.58. The Bertz CT molecular complexity index is 143. The third kappa shape index (κ3) is 3.38. The molecule has 0 saturated heterocycles. The molecular weight excluding hydrogens is 146 g/mol. The molecule has 0 aromatic carbocycles. The van der Waals surface area contributed by atoms with Gasteiger partial charge in [-0.1, -0.05) is 32.6 Å². The Hall–Kier alpha value is -0.330. The predicted molar refractivity (Wildman–Crippen MR) is 54.9 cm³/mol. The van der Waals surface area contributed by atoms with E-state index in [-0.39, 0.29) is 0 Å². The summed E-state index contributed by atoms with van der Waals surface area (Å²) in [5.74, 6) is 0. The second-order valence-electron chi connectivity index (χ2n) is 3.91. The van der Waals surface area contributed by atoms with Crippen molar-refractivity contribution in [2.45, 2.75) is 64.8 Å². The van der Waals surface area contributed by atoms with Crippen molar-refractivity contribution in [3.05, 3.63) is 0 Å². The van der Waals surface area contributed by atoms with Gasteiger partial charge in [-0.2, -0.15) is 0 Å². The first-order valence-electron chi connectivity index (χ1n) is 5.36. The Kier molecular flexibility index (Phi) is 4.34. The van der Waals surface area contributed by atoms with Crippen LogP contribution in [0.3, 0.4) is 0 Å². The molecule has 0 N–H and O–H groups in total. The van der Waals surface area contributed by atoms with E-state index in [0.29, 0.717) is 6.04 Å². The van der Waals surface area contributed by atoms with E-state index in [1.54, 1.807) is 0 Å². The molecule has 1 fully saturated rings. The lowest BCUT2D eigenvalue weighted by molar-refractivity contribution is 0.442. The van der Waals surface area contributed by atoms with E-state index in [0.717, 1.165) is 0 Å². The van der Waals surface area contributed by atoms with Gasteiger partial charge in [0, 0.05) is 11.8 Å². The number of hydrogen-bond donors (Lipinski definition) is 0. The minimum Gasteiger partial charge on any atom is -0.291 e. The smallest absolute Gasteiger partial charge is 0.0498 e. The zero-order valence-electron chi connectivity index (χ0n) is 8.47. The van der Waals surface area contributed by atoms with E-state index in [2.05, 4.69) is 13.8 Å². The fraction of sp³-hybridized carbons (Fsp3) is 0.909. The maximum Gasteiger partial charge on any atom is 0.0498 e. The first-order chi connectivity index (χ1) is 5.83. The van der Waals surface area contributed by atoms with Crippen LogP contribution < -0.4 is 0 Å². The summed E-state index contributed by atoms with van der Waals surface area (Å²) in [5, 5.41) is 0. The first kappa shape index (κ1) is 9.76. The molecule has 1 aliphatic rings. The van der Waals surface area contributed by atoms with Gasteiger partial charge in [-0.3, -0.25) is 4.99 Å². The standard InChI is InChI=1S/C11H21N/c1-3-7-10(2)12-11-8-5-4-6-9-11/h11H,3-9H2,1-2H3. The number of hydrogen-bond acceptors (Lipinski definition) is 1. The van der Waals surface area contributed by atoms with Gasteiger partial charge in [0.25, 0.3) is 0 Å². The van der Waals surface area contributed by atoms with Crippen LogP contribution in [0.15, 0.2) is 4.99 Å². The molecule has 0 atom stereocenters. The Morgan fingerprint density at radius 1 is 1.25 bits per heavy atom. The molecule has 12 heavy (non-hydrogen) atoms. The van der Waals surface area contributed by atoms with Crippen LogP contribution in [0, 0.1) is 0 Å². The molecule has 1 aliphatic carbocycles. The van der Waals surface area contributed by atoms with Crippen LogP contribution >= 0.6 is 0 Å². The van der Waals surface area contributed by atoms with Crippen molar-refractivity contribution in [1.29, 1.82) is 0 Å². The summed E-state index contributed by atoms with van der Waals surface area (Å²) in [7, 11) is 0. The molecule has 0 amide bonds. The highest BCUT2D eigenvalue weighted by Gasteiger charge is 2.11.